The molecule has 21 heavy (non-hydrogen) atoms. The average molecular weight is 304 g/mol. The van der Waals surface area contributed by atoms with Gasteiger partial charge in [0, 0.05) is 37.3 Å². The monoisotopic (exact) mass is 303 g/mol. The van der Waals surface area contributed by atoms with Gasteiger partial charge in [-0.2, -0.15) is 5.10 Å². The molecule has 112 valence electrons. The highest BCUT2D eigenvalue weighted by Crippen LogP contribution is 2.30. The lowest BCUT2D eigenvalue weighted by atomic mass is 10.0. The van der Waals surface area contributed by atoms with Crippen LogP contribution in [0.15, 0.2) is 30.3 Å². The topological polar surface area (TPSA) is 21.1 Å². The molecule has 3 rings (SSSR count). The van der Waals surface area contributed by atoms with Crippen LogP contribution < -0.4 is 0 Å². The first-order valence-electron chi connectivity index (χ1n) is 7.48. The fourth-order valence-corrected chi connectivity index (χ4v) is 3.21. The van der Waals surface area contributed by atoms with Gasteiger partial charge in [0.1, 0.15) is 0 Å². The molecule has 2 aromatic rings. The molecular weight excluding hydrogens is 282 g/mol. The Balaban J connectivity index is 1.82. The summed E-state index contributed by atoms with van der Waals surface area (Å²) in [6.07, 6.45) is 1.01. The van der Waals surface area contributed by atoms with Crippen molar-refractivity contribution in [2.45, 2.75) is 45.8 Å². The first kappa shape index (κ1) is 14.6. The van der Waals surface area contributed by atoms with Crippen LogP contribution in [0.2, 0.25) is 5.15 Å². The Labute approximate surface area is 131 Å². The molecule has 2 heterocycles. The normalized spacial score (nSPS) is 16.0. The van der Waals surface area contributed by atoms with Crippen molar-refractivity contribution in [3.05, 3.63) is 52.3 Å². The summed E-state index contributed by atoms with van der Waals surface area (Å²) >= 11 is 6.38. The third-order valence-electron chi connectivity index (χ3n) is 3.97. The summed E-state index contributed by atoms with van der Waals surface area (Å²) < 4.78 is 2.10. The zero-order chi connectivity index (χ0) is 15.0. The van der Waals surface area contributed by atoms with Gasteiger partial charge in [0.05, 0.1) is 5.54 Å². The Bertz CT molecular complexity index is 625. The average Bonchev–Trinajstić information content (AvgIpc) is 2.77. The highest BCUT2D eigenvalue weighted by molar-refractivity contribution is 6.30. The molecule has 1 aromatic heterocycles. The van der Waals surface area contributed by atoms with Crippen molar-refractivity contribution < 1.29 is 0 Å². The second-order valence-electron chi connectivity index (χ2n) is 6.74. The van der Waals surface area contributed by atoms with Gasteiger partial charge in [0.2, 0.25) is 0 Å². The SMILES string of the molecule is CC(C)(C)n1nc(Cl)c2c1CCN(Cc1ccccc1)C2. The summed E-state index contributed by atoms with van der Waals surface area (Å²) in [4.78, 5) is 2.44. The molecule has 0 spiro atoms. The van der Waals surface area contributed by atoms with Gasteiger partial charge in [0.15, 0.2) is 5.15 Å². The van der Waals surface area contributed by atoms with E-state index < -0.39 is 0 Å². The van der Waals surface area contributed by atoms with Crippen LogP contribution in [0.4, 0.5) is 0 Å². The fourth-order valence-electron chi connectivity index (χ4n) is 2.97. The van der Waals surface area contributed by atoms with Gasteiger partial charge in [-0.3, -0.25) is 9.58 Å². The molecule has 0 fully saturated rings. The summed E-state index contributed by atoms with van der Waals surface area (Å²) in [5.74, 6) is 0. The lowest BCUT2D eigenvalue weighted by Crippen LogP contribution is -2.33. The van der Waals surface area contributed by atoms with Gasteiger partial charge < -0.3 is 0 Å². The number of benzene rings is 1. The molecule has 0 bridgehead atoms. The summed E-state index contributed by atoms with van der Waals surface area (Å²) in [6, 6.07) is 10.6. The number of aromatic nitrogens is 2. The standard InChI is InChI=1S/C17H22ClN3/c1-17(2,3)21-15-9-10-20(12-14(15)16(18)19-21)11-13-7-5-4-6-8-13/h4-8H,9-12H2,1-3H3. The second kappa shape index (κ2) is 5.47. The summed E-state index contributed by atoms with van der Waals surface area (Å²) in [7, 11) is 0. The van der Waals surface area contributed by atoms with E-state index in [1.54, 1.807) is 0 Å². The van der Waals surface area contributed by atoms with E-state index in [0.29, 0.717) is 5.15 Å². The Kier molecular flexibility index (Phi) is 3.80. The van der Waals surface area contributed by atoms with E-state index in [1.165, 1.54) is 16.8 Å². The van der Waals surface area contributed by atoms with Crippen LogP contribution in [0.3, 0.4) is 0 Å². The molecule has 0 amide bonds. The minimum Gasteiger partial charge on any atom is -0.294 e. The molecule has 4 heteroatoms. The first-order valence-corrected chi connectivity index (χ1v) is 7.86. The van der Waals surface area contributed by atoms with Crippen LogP contribution in [0.5, 0.6) is 0 Å². The molecule has 1 aliphatic heterocycles. The second-order valence-corrected chi connectivity index (χ2v) is 7.10. The third-order valence-corrected chi connectivity index (χ3v) is 4.28. The molecule has 0 N–H and O–H groups in total. The van der Waals surface area contributed by atoms with Crippen molar-refractivity contribution in [3.63, 3.8) is 0 Å². The lowest BCUT2D eigenvalue weighted by molar-refractivity contribution is 0.236. The van der Waals surface area contributed by atoms with Crippen LogP contribution in [-0.2, 0) is 25.0 Å². The van der Waals surface area contributed by atoms with Crippen LogP contribution in [0.25, 0.3) is 0 Å². The maximum Gasteiger partial charge on any atom is 0.155 e. The maximum absolute atomic E-state index is 6.38. The Morgan fingerprint density at radius 1 is 1.19 bits per heavy atom. The molecular formula is C17H22ClN3. The van der Waals surface area contributed by atoms with Crippen LogP contribution >= 0.6 is 11.6 Å². The van der Waals surface area contributed by atoms with Gasteiger partial charge in [0.25, 0.3) is 0 Å². The van der Waals surface area contributed by atoms with Crippen molar-refractivity contribution in [2.24, 2.45) is 0 Å². The number of rotatable bonds is 2. The molecule has 1 aliphatic rings. The molecule has 0 atom stereocenters. The Morgan fingerprint density at radius 2 is 1.90 bits per heavy atom. The molecule has 0 saturated heterocycles. The van der Waals surface area contributed by atoms with Crippen molar-refractivity contribution in [3.8, 4) is 0 Å². The van der Waals surface area contributed by atoms with E-state index in [9.17, 15) is 0 Å². The van der Waals surface area contributed by atoms with Crippen LogP contribution in [-0.4, -0.2) is 21.2 Å². The highest BCUT2D eigenvalue weighted by atomic mass is 35.5. The van der Waals surface area contributed by atoms with E-state index in [0.717, 1.165) is 26.1 Å². The predicted octanol–water partition coefficient (Wildman–Crippen LogP) is 3.85. The number of nitrogens with zero attached hydrogens (tertiary/aromatic N) is 3. The van der Waals surface area contributed by atoms with E-state index in [-0.39, 0.29) is 5.54 Å². The summed E-state index contributed by atoms with van der Waals surface area (Å²) in [6.45, 7) is 9.43. The number of fused-ring (bicyclic) bond motifs is 1. The van der Waals surface area contributed by atoms with Gasteiger partial charge in [-0.15, -0.1) is 0 Å². The molecule has 0 aliphatic carbocycles. The van der Waals surface area contributed by atoms with Gasteiger partial charge in [-0.05, 0) is 26.3 Å². The van der Waals surface area contributed by atoms with Crippen molar-refractivity contribution in [1.82, 2.24) is 14.7 Å². The molecule has 0 unspecified atom stereocenters. The lowest BCUT2D eigenvalue weighted by Gasteiger charge is -2.30. The minimum absolute atomic E-state index is 0.0151. The maximum atomic E-state index is 6.38. The molecule has 0 saturated carbocycles. The van der Waals surface area contributed by atoms with Gasteiger partial charge >= 0.3 is 0 Å². The number of hydrogen-bond acceptors (Lipinski definition) is 2. The third kappa shape index (κ3) is 2.99. The van der Waals surface area contributed by atoms with E-state index >= 15 is 0 Å². The number of halogens is 1. The molecule has 3 nitrogen and oxygen atoms in total. The van der Waals surface area contributed by atoms with E-state index in [4.69, 9.17) is 11.6 Å². The fraction of sp³-hybridized carbons (Fsp3) is 0.471. The van der Waals surface area contributed by atoms with Crippen molar-refractivity contribution >= 4 is 11.6 Å². The summed E-state index contributed by atoms with van der Waals surface area (Å²) in [5, 5.41) is 5.22. The first-order chi connectivity index (χ1) is 9.95. The van der Waals surface area contributed by atoms with E-state index in [2.05, 4.69) is 65.8 Å². The predicted molar refractivity (Wildman–Crippen MR) is 86.5 cm³/mol. The zero-order valence-corrected chi connectivity index (χ0v) is 13.7. The van der Waals surface area contributed by atoms with Crippen LogP contribution in [0.1, 0.15) is 37.6 Å². The largest absolute Gasteiger partial charge is 0.294 e. The Morgan fingerprint density at radius 3 is 2.57 bits per heavy atom. The Hall–Kier alpha value is -1.32. The zero-order valence-electron chi connectivity index (χ0n) is 12.9. The minimum atomic E-state index is -0.0151. The van der Waals surface area contributed by atoms with Gasteiger partial charge in [-0.25, -0.2) is 0 Å². The van der Waals surface area contributed by atoms with Gasteiger partial charge in [-0.1, -0.05) is 41.9 Å². The smallest absolute Gasteiger partial charge is 0.155 e. The molecule has 0 radical (unpaired) electrons. The summed E-state index contributed by atoms with van der Waals surface area (Å²) in [5.41, 5.74) is 3.84. The number of hydrogen-bond donors (Lipinski definition) is 0. The molecule has 1 aromatic carbocycles. The van der Waals surface area contributed by atoms with Crippen molar-refractivity contribution in [1.29, 1.82) is 0 Å². The van der Waals surface area contributed by atoms with E-state index in [1.807, 2.05) is 0 Å². The van der Waals surface area contributed by atoms with Crippen LogP contribution in [0, 0.1) is 0 Å². The van der Waals surface area contributed by atoms with Crippen molar-refractivity contribution in [2.75, 3.05) is 6.54 Å². The highest BCUT2D eigenvalue weighted by Gasteiger charge is 2.28. The quantitative estimate of drug-likeness (QED) is 0.840.